The molecule has 0 saturated carbocycles. The quantitative estimate of drug-likeness (QED) is 0.187. The summed E-state index contributed by atoms with van der Waals surface area (Å²) in [5, 5.41) is 33.3. The lowest BCUT2D eigenvalue weighted by Gasteiger charge is -2.35. The van der Waals surface area contributed by atoms with Gasteiger partial charge in [0.1, 0.15) is 18.2 Å². The third kappa shape index (κ3) is 6.15. The highest BCUT2D eigenvalue weighted by molar-refractivity contribution is 5.94. The number of ether oxygens (including phenoxy) is 1. The van der Waals surface area contributed by atoms with E-state index in [2.05, 4.69) is 17.2 Å². The number of Topliss-reactive ketones (excluding diaryl/α,β-unsaturated/α-hetero) is 1. The van der Waals surface area contributed by atoms with E-state index >= 15 is 0 Å². The van der Waals surface area contributed by atoms with Crippen molar-refractivity contribution >= 4 is 17.6 Å². The summed E-state index contributed by atoms with van der Waals surface area (Å²) in [7, 11) is 0. The highest BCUT2D eigenvalue weighted by atomic mass is 16.6. The minimum atomic E-state index is -1.68. The maximum absolute atomic E-state index is 12.1. The second-order valence-corrected chi connectivity index (χ2v) is 6.22. The summed E-state index contributed by atoms with van der Waals surface area (Å²) in [6.07, 6.45) is -3.12. The fourth-order valence-corrected chi connectivity index (χ4v) is 2.36. The number of hydrogen-bond donors (Lipinski definition) is 6. The summed E-state index contributed by atoms with van der Waals surface area (Å²) in [5.41, 5.74) is 6.16. The molecule has 1 saturated heterocycles. The molecule has 2 amide bonds. The number of ketones is 1. The first kappa shape index (κ1) is 22.2. The zero-order chi connectivity index (χ0) is 19.9. The van der Waals surface area contributed by atoms with Crippen LogP contribution in [0.25, 0.3) is 0 Å². The van der Waals surface area contributed by atoms with Crippen LogP contribution in [0.5, 0.6) is 0 Å². The molecule has 0 aromatic carbocycles. The Morgan fingerprint density at radius 2 is 2.00 bits per heavy atom. The van der Waals surface area contributed by atoms with Crippen LogP contribution >= 0.6 is 0 Å². The van der Waals surface area contributed by atoms with E-state index in [1.54, 1.807) is 6.92 Å². The first-order chi connectivity index (χ1) is 12.2. The van der Waals surface area contributed by atoms with Gasteiger partial charge >= 0.3 is 0 Å². The summed E-state index contributed by atoms with van der Waals surface area (Å²) in [5.74, 6) is -1.77. The van der Waals surface area contributed by atoms with Gasteiger partial charge in [-0.25, -0.2) is 0 Å². The van der Waals surface area contributed by atoms with E-state index in [9.17, 15) is 24.6 Å². The van der Waals surface area contributed by atoms with Crippen molar-refractivity contribution in [3.8, 4) is 0 Å². The van der Waals surface area contributed by atoms with Crippen LogP contribution in [0.15, 0.2) is 12.2 Å². The molecule has 0 spiro atoms. The molecule has 0 bridgehead atoms. The summed E-state index contributed by atoms with van der Waals surface area (Å²) in [6.45, 7) is 4.88. The van der Waals surface area contributed by atoms with Gasteiger partial charge in [-0.3, -0.25) is 14.4 Å². The number of unbranched alkanes of at least 4 members (excludes halogenated alkanes) is 1. The number of carbonyl (C=O) groups is 3. The molecule has 10 heteroatoms. The van der Waals surface area contributed by atoms with Gasteiger partial charge in [-0.1, -0.05) is 6.58 Å². The predicted octanol–water partition coefficient (Wildman–Crippen LogP) is -2.70. The van der Waals surface area contributed by atoms with Crippen LogP contribution in [0, 0.1) is 0 Å². The Kier molecular flexibility index (Phi) is 8.82. The average Bonchev–Trinajstić information content (AvgIpc) is 2.60. The molecule has 0 radical (unpaired) electrons. The zero-order valence-electron chi connectivity index (χ0n) is 14.7. The molecule has 1 rings (SSSR count). The van der Waals surface area contributed by atoms with Gasteiger partial charge in [-0.15, -0.1) is 0 Å². The van der Waals surface area contributed by atoms with Crippen molar-refractivity contribution < 1.29 is 34.4 Å². The Morgan fingerprint density at radius 1 is 1.35 bits per heavy atom. The molecule has 10 nitrogen and oxygen atoms in total. The van der Waals surface area contributed by atoms with Crippen molar-refractivity contribution in [1.82, 2.24) is 10.6 Å². The predicted molar refractivity (Wildman–Crippen MR) is 90.6 cm³/mol. The Morgan fingerprint density at radius 3 is 2.58 bits per heavy atom. The lowest BCUT2D eigenvalue weighted by Crippen LogP contribution is -2.63. The van der Waals surface area contributed by atoms with Crippen LogP contribution in [0.4, 0.5) is 0 Å². The molecule has 0 aliphatic carbocycles. The van der Waals surface area contributed by atoms with Gasteiger partial charge in [0, 0.05) is 12.1 Å². The van der Waals surface area contributed by atoms with Crippen LogP contribution in [-0.4, -0.2) is 76.7 Å². The van der Waals surface area contributed by atoms with Crippen LogP contribution in [-0.2, 0) is 19.1 Å². The van der Waals surface area contributed by atoms with Crippen molar-refractivity contribution in [2.24, 2.45) is 5.73 Å². The van der Waals surface area contributed by atoms with E-state index in [1.165, 1.54) is 0 Å². The van der Waals surface area contributed by atoms with Gasteiger partial charge in [-0.2, -0.15) is 0 Å². The smallest absolute Gasteiger partial charge is 0.246 e. The minimum Gasteiger partial charge on any atom is -0.394 e. The molecular weight excluding hydrogens is 346 g/mol. The van der Waals surface area contributed by atoms with Crippen molar-refractivity contribution in [2.75, 3.05) is 13.2 Å². The van der Waals surface area contributed by atoms with Gasteiger partial charge in [0.05, 0.1) is 12.6 Å². The second-order valence-electron chi connectivity index (χ2n) is 6.22. The molecule has 7 N–H and O–H groups in total. The van der Waals surface area contributed by atoms with Gasteiger partial charge in [0.15, 0.2) is 12.1 Å². The number of aliphatic hydroxyl groups excluding tert-OH is 3. The van der Waals surface area contributed by atoms with Crippen molar-refractivity contribution in [1.29, 1.82) is 0 Å². The van der Waals surface area contributed by atoms with Crippen LogP contribution < -0.4 is 16.4 Å². The van der Waals surface area contributed by atoms with E-state index in [1.807, 2.05) is 0 Å². The molecule has 2 unspecified atom stereocenters. The SMILES string of the molecule is C=C(C)C(=O)NCCCCC(N)C(=O)N[C@@H]1C(=O)[C@H](O)[C@@H](CO)OC1O. The summed E-state index contributed by atoms with van der Waals surface area (Å²) >= 11 is 0. The summed E-state index contributed by atoms with van der Waals surface area (Å²) < 4.78 is 4.90. The fraction of sp³-hybridized carbons (Fsp3) is 0.688. The summed E-state index contributed by atoms with van der Waals surface area (Å²) in [4.78, 5) is 35.3. The number of carbonyl (C=O) groups excluding carboxylic acids is 3. The third-order valence-electron chi connectivity index (χ3n) is 3.98. The average molecular weight is 373 g/mol. The normalized spacial score (nSPS) is 26.9. The highest BCUT2D eigenvalue weighted by Gasteiger charge is 2.44. The molecule has 26 heavy (non-hydrogen) atoms. The molecule has 1 heterocycles. The van der Waals surface area contributed by atoms with E-state index in [0.29, 0.717) is 31.4 Å². The maximum atomic E-state index is 12.1. The molecule has 1 aliphatic rings. The van der Waals surface area contributed by atoms with Crippen molar-refractivity contribution in [3.05, 3.63) is 12.2 Å². The van der Waals surface area contributed by atoms with Crippen LogP contribution in [0.3, 0.4) is 0 Å². The third-order valence-corrected chi connectivity index (χ3v) is 3.98. The number of rotatable bonds is 9. The summed E-state index contributed by atoms with van der Waals surface area (Å²) in [6, 6.07) is -2.39. The monoisotopic (exact) mass is 373 g/mol. The largest absolute Gasteiger partial charge is 0.394 e. The van der Waals surface area contributed by atoms with Gasteiger partial charge in [-0.05, 0) is 26.2 Å². The zero-order valence-corrected chi connectivity index (χ0v) is 14.7. The lowest BCUT2D eigenvalue weighted by molar-refractivity contribution is -0.215. The molecule has 1 fully saturated rings. The van der Waals surface area contributed by atoms with E-state index in [0.717, 1.165) is 0 Å². The maximum Gasteiger partial charge on any atom is 0.246 e. The standard InChI is InChI=1S/C16H27N3O7/c1-8(2)14(23)18-6-4-3-5-9(17)15(24)19-11-13(22)12(21)10(7-20)26-16(11)25/h9-12,16,20-21,25H,1,3-7,17H2,2H3,(H,18,23)(H,19,24)/t9?,10-,11-,12-,16?/m1/s1. The number of nitrogens with one attached hydrogen (secondary N) is 2. The van der Waals surface area contributed by atoms with Crippen molar-refractivity contribution in [2.45, 2.75) is 56.8 Å². The van der Waals surface area contributed by atoms with Crippen molar-refractivity contribution in [3.63, 3.8) is 0 Å². The first-order valence-electron chi connectivity index (χ1n) is 8.34. The molecule has 1 aliphatic heterocycles. The number of hydrogen-bond acceptors (Lipinski definition) is 8. The Hall–Kier alpha value is -1.85. The molecule has 0 aromatic rings. The molecular formula is C16H27N3O7. The second kappa shape index (κ2) is 10.3. The molecule has 0 aromatic heterocycles. The number of amides is 2. The molecule has 148 valence electrons. The van der Waals surface area contributed by atoms with E-state index < -0.39 is 48.9 Å². The van der Waals surface area contributed by atoms with Gasteiger partial charge < -0.3 is 36.4 Å². The van der Waals surface area contributed by atoms with E-state index in [4.69, 9.17) is 15.6 Å². The fourth-order valence-electron chi connectivity index (χ4n) is 2.36. The Labute approximate surface area is 151 Å². The highest BCUT2D eigenvalue weighted by Crippen LogP contribution is 2.16. The number of nitrogens with two attached hydrogens (primary N) is 1. The Balaban J connectivity index is 2.38. The number of aliphatic hydroxyl groups is 3. The molecule has 5 atom stereocenters. The minimum absolute atomic E-state index is 0.239. The van der Waals surface area contributed by atoms with E-state index in [-0.39, 0.29) is 5.91 Å². The van der Waals surface area contributed by atoms with Gasteiger partial charge in [0.2, 0.25) is 11.8 Å². The first-order valence-corrected chi connectivity index (χ1v) is 8.34. The van der Waals surface area contributed by atoms with Crippen LogP contribution in [0.2, 0.25) is 0 Å². The van der Waals surface area contributed by atoms with Gasteiger partial charge in [0.25, 0.3) is 0 Å². The lowest BCUT2D eigenvalue weighted by atomic mass is 9.98. The Bertz CT molecular complexity index is 540. The topological polar surface area (TPSA) is 171 Å². The van der Waals surface area contributed by atoms with Crippen LogP contribution in [0.1, 0.15) is 26.2 Å².